The van der Waals surface area contributed by atoms with Gasteiger partial charge in [0, 0.05) is 17.8 Å². The van der Waals surface area contributed by atoms with Crippen LogP contribution in [0.2, 0.25) is 5.02 Å². The summed E-state index contributed by atoms with van der Waals surface area (Å²) < 4.78 is 39.6. The number of nitrogens with zero attached hydrogens (tertiary/aromatic N) is 4. The lowest BCUT2D eigenvalue weighted by Crippen LogP contribution is -2.15. The van der Waals surface area contributed by atoms with Crippen LogP contribution in [0.25, 0.3) is 0 Å². The van der Waals surface area contributed by atoms with E-state index in [4.69, 9.17) is 11.6 Å². The molecule has 0 spiro atoms. The lowest BCUT2D eigenvalue weighted by Gasteiger charge is -2.18. The first kappa shape index (κ1) is 17.9. The van der Waals surface area contributed by atoms with E-state index in [0.717, 1.165) is 11.8 Å². The van der Waals surface area contributed by atoms with E-state index in [9.17, 15) is 13.2 Å². The normalized spacial score (nSPS) is 11.3. The molecule has 1 aromatic heterocycles. The number of hydrogen-bond acceptors (Lipinski definition) is 5. The van der Waals surface area contributed by atoms with Crippen molar-refractivity contribution in [3.05, 3.63) is 65.3 Å². The molecule has 0 saturated heterocycles. The van der Waals surface area contributed by atoms with E-state index in [-0.39, 0.29) is 22.5 Å². The zero-order valence-corrected chi connectivity index (χ0v) is 14.3. The van der Waals surface area contributed by atoms with E-state index in [1.807, 2.05) is 30.3 Å². The molecule has 0 amide bonds. The molecule has 0 fully saturated rings. The molecule has 0 saturated carbocycles. The Bertz CT molecular complexity index is 902. The lowest BCUT2D eigenvalue weighted by molar-refractivity contribution is -0.136. The Labute approximate surface area is 152 Å². The minimum absolute atomic E-state index is 0.00631. The zero-order valence-electron chi connectivity index (χ0n) is 13.5. The second-order valence-electron chi connectivity index (χ2n) is 5.35. The van der Waals surface area contributed by atoms with Gasteiger partial charge in [-0.3, -0.25) is 0 Å². The number of anilines is 4. The monoisotopic (exact) mass is 379 g/mol. The Morgan fingerprint density at radius 1 is 1.08 bits per heavy atom. The van der Waals surface area contributed by atoms with Crippen molar-refractivity contribution < 1.29 is 13.2 Å². The topological polar surface area (TPSA) is 53.9 Å². The summed E-state index contributed by atoms with van der Waals surface area (Å²) in [6, 6.07) is 12.7. The van der Waals surface area contributed by atoms with Crippen molar-refractivity contribution in [3.8, 4) is 0 Å². The van der Waals surface area contributed by atoms with E-state index in [1.54, 1.807) is 11.9 Å². The lowest BCUT2D eigenvalue weighted by atomic mass is 10.1. The Morgan fingerprint density at radius 2 is 1.81 bits per heavy atom. The summed E-state index contributed by atoms with van der Waals surface area (Å²) in [5.41, 5.74) is -0.244. The number of rotatable bonds is 4. The van der Waals surface area contributed by atoms with Crippen LogP contribution < -0.4 is 10.2 Å². The van der Waals surface area contributed by atoms with Crippen molar-refractivity contribution in [2.45, 2.75) is 6.18 Å². The molecule has 0 aliphatic heterocycles. The van der Waals surface area contributed by atoms with Crippen LogP contribution in [0.5, 0.6) is 0 Å². The maximum atomic E-state index is 13.2. The maximum Gasteiger partial charge on any atom is 0.418 e. The number of aromatic nitrogens is 3. The molecule has 0 aliphatic carbocycles. The number of halogens is 4. The van der Waals surface area contributed by atoms with Gasteiger partial charge in [-0.15, -0.1) is 5.10 Å². The average molecular weight is 380 g/mol. The van der Waals surface area contributed by atoms with Crippen molar-refractivity contribution in [1.82, 2.24) is 15.2 Å². The molecule has 1 N–H and O–H groups in total. The number of hydrogen-bond donors (Lipinski definition) is 1. The third-order valence-corrected chi connectivity index (χ3v) is 3.78. The van der Waals surface area contributed by atoms with Gasteiger partial charge in [0.25, 0.3) is 5.95 Å². The van der Waals surface area contributed by atoms with Gasteiger partial charge >= 0.3 is 6.18 Å². The molecule has 0 aliphatic rings. The van der Waals surface area contributed by atoms with Crippen molar-refractivity contribution in [1.29, 1.82) is 0 Å². The highest BCUT2D eigenvalue weighted by atomic mass is 35.5. The predicted molar refractivity (Wildman–Crippen MR) is 94.1 cm³/mol. The molecule has 0 atom stereocenters. The van der Waals surface area contributed by atoms with Gasteiger partial charge in [0.05, 0.1) is 17.4 Å². The molecule has 9 heteroatoms. The first-order valence-electron chi connectivity index (χ1n) is 7.47. The number of nitrogens with one attached hydrogen (secondary N) is 1. The van der Waals surface area contributed by atoms with Gasteiger partial charge in [-0.2, -0.15) is 23.3 Å². The fraction of sp³-hybridized carbons (Fsp3) is 0.118. The molecule has 2 aromatic carbocycles. The minimum Gasteiger partial charge on any atom is -0.338 e. The highest BCUT2D eigenvalue weighted by Crippen LogP contribution is 2.37. The fourth-order valence-electron chi connectivity index (χ4n) is 2.26. The van der Waals surface area contributed by atoms with Crippen LogP contribution in [0.15, 0.2) is 54.7 Å². The third kappa shape index (κ3) is 4.02. The number of alkyl halides is 3. The van der Waals surface area contributed by atoms with E-state index >= 15 is 0 Å². The molecule has 0 bridgehead atoms. The van der Waals surface area contributed by atoms with E-state index in [1.165, 1.54) is 18.3 Å². The molecular weight excluding hydrogens is 367 g/mol. The predicted octanol–water partition coefficient (Wildman–Crippen LogP) is 5.06. The second-order valence-corrected chi connectivity index (χ2v) is 5.79. The van der Waals surface area contributed by atoms with E-state index < -0.39 is 11.7 Å². The fourth-order valence-corrected chi connectivity index (χ4v) is 2.43. The van der Waals surface area contributed by atoms with Gasteiger partial charge in [-0.05, 0) is 30.3 Å². The first-order chi connectivity index (χ1) is 12.3. The van der Waals surface area contributed by atoms with Gasteiger partial charge in [0.1, 0.15) is 0 Å². The van der Waals surface area contributed by atoms with Crippen molar-refractivity contribution in [3.63, 3.8) is 0 Å². The summed E-state index contributed by atoms with van der Waals surface area (Å²) >= 11 is 5.69. The summed E-state index contributed by atoms with van der Waals surface area (Å²) in [7, 11) is 1.74. The summed E-state index contributed by atoms with van der Waals surface area (Å²) in [5, 5.41) is 10.4. The van der Waals surface area contributed by atoms with Crippen molar-refractivity contribution >= 4 is 34.7 Å². The van der Waals surface area contributed by atoms with E-state index in [2.05, 4.69) is 20.5 Å². The van der Waals surface area contributed by atoms with Crippen molar-refractivity contribution in [2.75, 3.05) is 17.3 Å². The van der Waals surface area contributed by atoms with Crippen LogP contribution in [0.4, 0.5) is 36.3 Å². The molecule has 5 nitrogen and oxygen atoms in total. The molecule has 0 unspecified atom stereocenters. The maximum absolute atomic E-state index is 13.2. The third-order valence-electron chi connectivity index (χ3n) is 3.54. The van der Waals surface area contributed by atoms with Crippen LogP contribution >= 0.6 is 11.6 Å². The van der Waals surface area contributed by atoms with Crippen LogP contribution in [0, 0.1) is 0 Å². The molecule has 26 heavy (non-hydrogen) atoms. The zero-order chi connectivity index (χ0) is 18.7. The number of para-hydroxylation sites is 1. The van der Waals surface area contributed by atoms with Gasteiger partial charge in [-0.25, -0.2) is 0 Å². The quantitative estimate of drug-likeness (QED) is 0.687. The Morgan fingerprint density at radius 3 is 2.50 bits per heavy atom. The summed E-state index contributed by atoms with van der Waals surface area (Å²) in [6.07, 6.45) is -3.31. The largest absolute Gasteiger partial charge is 0.418 e. The second kappa shape index (κ2) is 7.17. The molecular formula is C17H13ClF3N5. The summed E-state index contributed by atoms with van der Waals surface area (Å²) in [5.74, 6) is 0.370. The van der Waals surface area contributed by atoms with Crippen molar-refractivity contribution in [2.24, 2.45) is 0 Å². The van der Waals surface area contributed by atoms with Gasteiger partial charge < -0.3 is 10.2 Å². The summed E-state index contributed by atoms with van der Waals surface area (Å²) in [6.45, 7) is 0. The Hall–Kier alpha value is -2.87. The molecule has 134 valence electrons. The van der Waals surface area contributed by atoms with Gasteiger partial charge in [-0.1, -0.05) is 29.8 Å². The Balaban J connectivity index is 1.91. The highest BCUT2D eigenvalue weighted by molar-refractivity contribution is 6.30. The van der Waals surface area contributed by atoms with Crippen LogP contribution in [-0.2, 0) is 6.18 Å². The van der Waals surface area contributed by atoms with Crippen LogP contribution in [0.3, 0.4) is 0 Å². The van der Waals surface area contributed by atoms with Crippen LogP contribution in [-0.4, -0.2) is 22.2 Å². The SMILES string of the molecule is CN(c1ccccc1)c1nncc(Nc2ccc(Cl)cc2C(F)(F)F)n1. The number of benzene rings is 2. The average Bonchev–Trinajstić information content (AvgIpc) is 2.63. The Kier molecular flexibility index (Phi) is 4.94. The molecule has 3 rings (SSSR count). The first-order valence-corrected chi connectivity index (χ1v) is 7.84. The van der Waals surface area contributed by atoms with Crippen LogP contribution in [0.1, 0.15) is 5.56 Å². The molecule has 1 heterocycles. The molecule has 0 radical (unpaired) electrons. The minimum atomic E-state index is -4.56. The van der Waals surface area contributed by atoms with Gasteiger partial charge in [0.15, 0.2) is 5.82 Å². The summed E-state index contributed by atoms with van der Waals surface area (Å²) in [4.78, 5) is 5.90. The van der Waals surface area contributed by atoms with E-state index in [0.29, 0.717) is 0 Å². The smallest absolute Gasteiger partial charge is 0.338 e. The molecule has 3 aromatic rings. The standard InChI is InChI=1S/C17H13ClF3N5/c1-26(12-5-3-2-4-6-12)16-24-15(10-22-25-16)23-14-8-7-11(18)9-13(14)17(19,20)21/h2-10H,1H3,(H,23,24,25). The highest BCUT2D eigenvalue weighted by Gasteiger charge is 2.34. The van der Waals surface area contributed by atoms with Gasteiger partial charge in [0.2, 0.25) is 0 Å².